The van der Waals surface area contributed by atoms with Gasteiger partial charge in [-0.05, 0) is 54.7 Å². The molecule has 2 aromatic carbocycles. The van der Waals surface area contributed by atoms with E-state index in [4.69, 9.17) is 5.11 Å². The Labute approximate surface area is 358 Å². The molecular weight excluding hydrogens is 819 g/mol. The van der Waals surface area contributed by atoms with Crippen molar-refractivity contribution in [3.63, 3.8) is 0 Å². The Morgan fingerprint density at radius 1 is 0.746 bits per heavy atom. The first kappa shape index (κ1) is 51.1. The molecule has 7 N–H and O–H groups in total. The van der Waals surface area contributed by atoms with Gasteiger partial charge in [-0.2, -0.15) is 29.1 Å². The van der Waals surface area contributed by atoms with Gasteiger partial charge < -0.3 is 36.6 Å². The Balaban J connectivity index is 2.34. The lowest BCUT2D eigenvalue weighted by Gasteiger charge is -2.30. The maximum Gasteiger partial charge on any atom is 0.322 e. The van der Waals surface area contributed by atoms with Gasteiger partial charge >= 0.3 is 5.97 Å². The molecule has 330 valence electrons. The lowest BCUT2D eigenvalue weighted by Crippen LogP contribution is -2.61. The van der Waals surface area contributed by atoms with Crippen LogP contribution in [0.3, 0.4) is 0 Å². The fourth-order valence-corrected chi connectivity index (χ4v) is 8.51. The Morgan fingerprint density at radius 2 is 1.27 bits per heavy atom. The topological polar surface area (TPSA) is 232 Å². The lowest BCUT2D eigenvalue weighted by molar-refractivity contribution is -0.139. The third-order valence-electron chi connectivity index (χ3n) is 10.0. The Morgan fingerprint density at radius 3 is 1.80 bits per heavy atom. The second-order valence-corrected chi connectivity index (χ2v) is 18.3. The van der Waals surface area contributed by atoms with E-state index in [0.717, 1.165) is 5.69 Å². The lowest BCUT2D eigenvalue weighted by atomic mass is 9.96. The van der Waals surface area contributed by atoms with Crippen LogP contribution in [0, 0.1) is 17.8 Å². The number of amides is 5. The van der Waals surface area contributed by atoms with Crippen LogP contribution in [0.15, 0.2) is 41.3 Å². The number of benzene rings is 2. The largest absolute Gasteiger partial charge is 0.480 e. The molecule has 0 aromatic heterocycles. The number of carboxylic acids is 1. The third-order valence-corrected chi connectivity index (χ3v) is 12.5. The molecule has 0 fully saturated rings. The number of rotatable bonds is 25. The molecule has 0 radical (unpaired) electrons. The normalized spacial score (nSPS) is 15.2. The smallest absolute Gasteiger partial charge is 0.322 e. The number of aliphatic carboxylic acids is 1. The third kappa shape index (κ3) is 15.2. The summed E-state index contributed by atoms with van der Waals surface area (Å²) in [5, 5.41) is 23.4. The molecule has 19 heteroatoms. The van der Waals surface area contributed by atoms with Gasteiger partial charge in [-0.3, -0.25) is 28.8 Å². The predicted molar refractivity (Wildman–Crippen MR) is 236 cm³/mol. The predicted octanol–water partition coefficient (Wildman–Crippen LogP) is 2.51. The van der Waals surface area contributed by atoms with E-state index in [-0.39, 0.29) is 35.3 Å². The molecule has 0 unspecified atom stereocenters. The monoisotopic (exact) mass is 881 g/mol. The molecule has 0 aliphatic rings. The molecule has 0 saturated carbocycles. The van der Waals surface area contributed by atoms with E-state index in [1.165, 1.54) is 17.8 Å². The van der Waals surface area contributed by atoms with Gasteiger partial charge in [0.05, 0.1) is 4.90 Å². The van der Waals surface area contributed by atoms with E-state index in [2.05, 4.69) is 43.9 Å². The van der Waals surface area contributed by atoms with E-state index in [1.807, 2.05) is 65.1 Å². The maximum atomic E-state index is 14.0. The summed E-state index contributed by atoms with van der Waals surface area (Å²) in [6.07, 6.45) is 3.11. The van der Waals surface area contributed by atoms with E-state index in [0.29, 0.717) is 29.4 Å². The molecule has 0 aliphatic heterocycles. The van der Waals surface area contributed by atoms with Crippen LogP contribution in [-0.2, 0) is 38.8 Å². The van der Waals surface area contributed by atoms with Crippen molar-refractivity contribution in [1.82, 2.24) is 31.3 Å². The van der Waals surface area contributed by atoms with Gasteiger partial charge in [0, 0.05) is 36.3 Å². The van der Waals surface area contributed by atoms with Crippen LogP contribution in [0.2, 0.25) is 0 Å². The van der Waals surface area contributed by atoms with Crippen LogP contribution < -0.4 is 36.2 Å². The maximum absolute atomic E-state index is 14.0. The van der Waals surface area contributed by atoms with Crippen LogP contribution in [-0.4, -0.2) is 118 Å². The van der Waals surface area contributed by atoms with Gasteiger partial charge in [-0.25, -0.2) is 8.42 Å². The zero-order valence-electron chi connectivity index (χ0n) is 35.5. The molecule has 2 rings (SSSR count). The molecule has 0 spiro atoms. The van der Waals surface area contributed by atoms with Crippen LogP contribution >= 0.6 is 24.4 Å². The van der Waals surface area contributed by atoms with Gasteiger partial charge in [-0.15, -0.1) is 0 Å². The average Bonchev–Trinajstić information content (AvgIpc) is 3.19. The first-order chi connectivity index (χ1) is 27.7. The van der Waals surface area contributed by atoms with Crippen molar-refractivity contribution in [2.24, 2.45) is 17.8 Å². The zero-order chi connectivity index (χ0) is 44.6. The highest BCUT2D eigenvalue weighted by molar-refractivity contribution is 7.98. The summed E-state index contributed by atoms with van der Waals surface area (Å²) in [4.78, 5) is 81.2. The van der Waals surface area contributed by atoms with Crippen LogP contribution in [0.5, 0.6) is 0 Å². The van der Waals surface area contributed by atoms with E-state index < -0.39 is 88.2 Å². The first-order valence-corrected chi connectivity index (χ1v) is 23.3. The Bertz CT molecular complexity index is 1880. The molecule has 5 amide bonds. The molecule has 7 atom stereocenters. The first-order valence-electron chi connectivity index (χ1n) is 19.7. The summed E-state index contributed by atoms with van der Waals surface area (Å²) >= 11 is 5.71. The van der Waals surface area contributed by atoms with Crippen LogP contribution in [0.1, 0.15) is 67.2 Å². The van der Waals surface area contributed by atoms with Crippen molar-refractivity contribution < 1.29 is 42.3 Å². The second kappa shape index (κ2) is 24.3. The molecule has 2 aromatic rings. The SMILES string of the molecule is CC[C@H](C)[C@H](NC(=O)[C@H](CCSC)NC(=O)[C@@H](NC(=O)[C@H](CC(C)C)NC(=O)[C@H](CS)NS(=O)(=O)c1cccc2c(N(C)C)cccc12)[C@@H](C)CC)C(=O)NCC(=O)O. The number of carbonyl (C=O) groups is 6. The van der Waals surface area contributed by atoms with Gasteiger partial charge in [0.25, 0.3) is 0 Å². The van der Waals surface area contributed by atoms with Crippen molar-refractivity contribution >= 4 is 86.4 Å². The summed E-state index contributed by atoms with van der Waals surface area (Å²) in [5.74, 6) is -5.37. The number of hydrogen-bond donors (Lipinski definition) is 8. The standard InChI is InChI=1S/C40H63N7O9S3/c1-10-24(5)34(39(53)41-21-33(48)49)44-36(50)28(18-19-58-9)42-40(54)35(25(6)11-2)45-37(51)29(20-23(3)4)43-38(52)30(22-57)46-59(55,56)32-17-13-14-26-27(32)15-12-16-31(26)47(7)8/h12-17,23-25,28-30,34-35,46,57H,10-11,18-22H2,1-9H3,(H,41,53)(H,42,54)(H,43,52)(H,44,50)(H,45,51)(H,48,49)/t24-,25-,28-,29-,30-,34-,35-/m0/s1. The Kier molecular flexibility index (Phi) is 21.0. The number of thiol groups is 1. The number of hydrogen-bond acceptors (Lipinski definition) is 11. The molecular formula is C40H63N7O9S3. The van der Waals surface area contributed by atoms with Gasteiger partial charge in [0.1, 0.15) is 36.8 Å². The van der Waals surface area contributed by atoms with Crippen molar-refractivity contribution in [3.8, 4) is 0 Å². The van der Waals surface area contributed by atoms with Crippen molar-refractivity contribution in [1.29, 1.82) is 0 Å². The fraction of sp³-hybridized carbons (Fsp3) is 0.600. The minimum Gasteiger partial charge on any atom is -0.480 e. The highest BCUT2D eigenvalue weighted by Gasteiger charge is 2.36. The van der Waals surface area contributed by atoms with Gasteiger partial charge in [0.15, 0.2) is 0 Å². The number of carboxylic acid groups (broad SMARTS) is 1. The van der Waals surface area contributed by atoms with Crippen molar-refractivity contribution in [2.75, 3.05) is 43.3 Å². The molecule has 16 nitrogen and oxygen atoms in total. The van der Waals surface area contributed by atoms with Crippen LogP contribution in [0.25, 0.3) is 10.8 Å². The van der Waals surface area contributed by atoms with E-state index >= 15 is 0 Å². The quantitative estimate of drug-likeness (QED) is 0.0676. The second-order valence-electron chi connectivity index (χ2n) is 15.3. The summed E-state index contributed by atoms with van der Waals surface area (Å²) in [7, 11) is -0.575. The number of nitrogens with one attached hydrogen (secondary N) is 6. The van der Waals surface area contributed by atoms with Crippen LogP contribution in [0.4, 0.5) is 5.69 Å². The van der Waals surface area contributed by atoms with E-state index in [9.17, 15) is 37.2 Å². The van der Waals surface area contributed by atoms with Gasteiger partial charge in [-0.1, -0.05) is 78.6 Å². The minimum atomic E-state index is -4.27. The van der Waals surface area contributed by atoms with Gasteiger partial charge in [0.2, 0.25) is 39.6 Å². The summed E-state index contributed by atoms with van der Waals surface area (Å²) in [6, 6.07) is 4.31. The summed E-state index contributed by atoms with van der Waals surface area (Å²) in [5.41, 5.74) is 0.808. The molecule has 0 heterocycles. The number of anilines is 1. The van der Waals surface area contributed by atoms with Crippen molar-refractivity contribution in [3.05, 3.63) is 36.4 Å². The minimum absolute atomic E-state index is 0.0291. The number of nitrogens with zero attached hydrogens (tertiary/aromatic N) is 1. The highest BCUT2D eigenvalue weighted by Crippen LogP contribution is 2.30. The zero-order valence-corrected chi connectivity index (χ0v) is 38.0. The Hall–Kier alpha value is -4.07. The molecule has 0 saturated heterocycles. The van der Waals surface area contributed by atoms with Crippen molar-refractivity contribution in [2.45, 2.75) is 102 Å². The average molecular weight is 882 g/mol. The number of carbonyl (C=O) groups excluding carboxylic acids is 5. The number of fused-ring (bicyclic) bond motifs is 1. The fourth-order valence-electron chi connectivity index (χ4n) is 6.24. The molecule has 0 bridgehead atoms. The summed E-state index contributed by atoms with van der Waals surface area (Å²) < 4.78 is 30.0. The molecule has 59 heavy (non-hydrogen) atoms. The number of thioether (sulfide) groups is 1. The number of sulfonamides is 1. The molecule has 0 aliphatic carbocycles. The summed E-state index contributed by atoms with van der Waals surface area (Å²) in [6.45, 7) is 10.2. The highest BCUT2D eigenvalue weighted by atomic mass is 32.2. The van der Waals surface area contributed by atoms with E-state index in [1.54, 1.807) is 32.0 Å².